The Morgan fingerprint density at radius 1 is 1.14 bits per heavy atom. The van der Waals surface area contributed by atoms with Gasteiger partial charge in [-0.05, 0) is 38.0 Å². The first-order chi connectivity index (χ1) is 6.80. The molecular formula is C10H12N2O2. The molecule has 0 aromatic carbocycles. The second-order valence-corrected chi connectivity index (χ2v) is 4.32. The molecule has 0 atom stereocenters. The van der Waals surface area contributed by atoms with Gasteiger partial charge in [0.05, 0.1) is 0 Å². The van der Waals surface area contributed by atoms with Crippen LogP contribution < -0.4 is 0 Å². The van der Waals surface area contributed by atoms with Crippen LogP contribution in [0.15, 0.2) is 9.98 Å². The van der Waals surface area contributed by atoms with E-state index in [1.807, 2.05) is 0 Å². The Hall–Kier alpha value is -1.24. The van der Waals surface area contributed by atoms with Crippen molar-refractivity contribution >= 4 is 12.2 Å². The quantitative estimate of drug-likeness (QED) is 0.503. The van der Waals surface area contributed by atoms with Crippen molar-refractivity contribution in [2.24, 2.45) is 21.3 Å². The highest BCUT2D eigenvalue weighted by Crippen LogP contribution is 2.56. The van der Waals surface area contributed by atoms with E-state index in [1.165, 1.54) is 25.0 Å². The number of isocyanates is 2. The van der Waals surface area contributed by atoms with Crippen LogP contribution in [0.1, 0.15) is 32.1 Å². The van der Waals surface area contributed by atoms with Gasteiger partial charge in [-0.1, -0.05) is 0 Å². The molecule has 0 N–H and O–H groups in total. The number of fused-ring (bicyclic) bond motifs is 2. The van der Waals surface area contributed by atoms with Gasteiger partial charge >= 0.3 is 0 Å². The first-order valence-electron chi connectivity index (χ1n) is 4.95. The standard InChI is InChI=1S/C10H12N2O2/c13-6-11-9(12-7-14)10-3-1-8(5-10)2-4-10/h8-9H,1-5H2. The molecule has 4 heteroatoms. The topological polar surface area (TPSA) is 58.9 Å². The zero-order chi connectivity index (χ0) is 10.0. The van der Waals surface area contributed by atoms with Gasteiger partial charge in [0.15, 0.2) is 6.17 Å². The predicted octanol–water partition coefficient (Wildman–Crippen LogP) is 1.56. The average Bonchev–Trinajstić information content (AvgIpc) is 2.78. The van der Waals surface area contributed by atoms with E-state index >= 15 is 0 Å². The van der Waals surface area contributed by atoms with Crippen molar-refractivity contribution in [2.75, 3.05) is 0 Å². The van der Waals surface area contributed by atoms with Crippen LogP contribution in [0.5, 0.6) is 0 Å². The van der Waals surface area contributed by atoms with E-state index in [4.69, 9.17) is 0 Å². The van der Waals surface area contributed by atoms with Gasteiger partial charge in [-0.25, -0.2) is 9.59 Å². The van der Waals surface area contributed by atoms with Crippen molar-refractivity contribution < 1.29 is 9.59 Å². The highest BCUT2D eigenvalue weighted by molar-refractivity contribution is 5.38. The average molecular weight is 192 g/mol. The fourth-order valence-corrected chi connectivity index (χ4v) is 3.00. The monoisotopic (exact) mass is 192 g/mol. The molecule has 0 aliphatic heterocycles. The Labute approximate surface area is 82.1 Å². The number of aliphatic imine (C=N–C) groups is 2. The molecule has 4 nitrogen and oxygen atoms in total. The predicted molar refractivity (Wildman–Crippen MR) is 49.0 cm³/mol. The van der Waals surface area contributed by atoms with Crippen LogP contribution in [0.4, 0.5) is 0 Å². The Bertz CT molecular complexity index is 301. The number of rotatable bonds is 3. The minimum Gasteiger partial charge on any atom is -0.211 e. The van der Waals surface area contributed by atoms with Crippen molar-refractivity contribution in [1.82, 2.24) is 0 Å². The van der Waals surface area contributed by atoms with Crippen LogP contribution in [-0.4, -0.2) is 18.3 Å². The van der Waals surface area contributed by atoms with Crippen LogP contribution in [0.2, 0.25) is 0 Å². The fourth-order valence-electron chi connectivity index (χ4n) is 3.00. The van der Waals surface area contributed by atoms with Gasteiger partial charge in [0, 0.05) is 5.41 Å². The fraction of sp³-hybridized carbons (Fsp3) is 0.800. The van der Waals surface area contributed by atoms with Gasteiger partial charge in [-0.2, -0.15) is 9.98 Å². The second kappa shape index (κ2) is 3.49. The molecule has 0 radical (unpaired) electrons. The molecule has 0 spiro atoms. The van der Waals surface area contributed by atoms with E-state index in [0.717, 1.165) is 25.2 Å². The molecule has 0 aromatic rings. The highest BCUT2D eigenvalue weighted by atomic mass is 16.1. The van der Waals surface area contributed by atoms with E-state index in [9.17, 15) is 9.59 Å². The van der Waals surface area contributed by atoms with Crippen LogP contribution >= 0.6 is 0 Å². The molecule has 0 aromatic heterocycles. The first kappa shape index (κ1) is 9.32. The lowest BCUT2D eigenvalue weighted by Gasteiger charge is -2.28. The number of carbonyl (C=O) groups excluding carboxylic acids is 2. The van der Waals surface area contributed by atoms with Gasteiger partial charge < -0.3 is 0 Å². The SMILES string of the molecule is O=C=NC(N=C=O)C12CCC(CC1)C2. The van der Waals surface area contributed by atoms with Crippen LogP contribution in [-0.2, 0) is 9.59 Å². The molecule has 2 rings (SSSR count). The van der Waals surface area contributed by atoms with Crippen LogP contribution in [0, 0.1) is 11.3 Å². The maximum absolute atomic E-state index is 10.2. The molecule has 2 bridgehead atoms. The maximum atomic E-state index is 10.2. The van der Waals surface area contributed by atoms with E-state index in [-0.39, 0.29) is 5.41 Å². The second-order valence-electron chi connectivity index (χ2n) is 4.32. The van der Waals surface area contributed by atoms with Gasteiger partial charge in [-0.15, -0.1) is 0 Å². The molecule has 0 saturated heterocycles. The molecular weight excluding hydrogens is 180 g/mol. The van der Waals surface area contributed by atoms with Crippen molar-refractivity contribution in [3.63, 3.8) is 0 Å². The Morgan fingerprint density at radius 2 is 1.71 bits per heavy atom. The van der Waals surface area contributed by atoms with Gasteiger partial charge in [0.25, 0.3) is 0 Å². The third kappa shape index (κ3) is 1.33. The summed E-state index contributed by atoms with van der Waals surface area (Å²) in [4.78, 5) is 27.7. The van der Waals surface area contributed by atoms with Crippen molar-refractivity contribution in [3.8, 4) is 0 Å². The zero-order valence-corrected chi connectivity index (χ0v) is 7.90. The van der Waals surface area contributed by atoms with Gasteiger partial charge in [-0.3, -0.25) is 0 Å². The van der Waals surface area contributed by atoms with Gasteiger partial charge in [0.2, 0.25) is 12.2 Å². The first-order valence-corrected chi connectivity index (χ1v) is 4.95. The van der Waals surface area contributed by atoms with Crippen molar-refractivity contribution in [3.05, 3.63) is 0 Å². The minimum absolute atomic E-state index is 0.0283. The summed E-state index contributed by atoms with van der Waals surface area (Å²) in [5, 5.41) is 0. The molecule has 0 heterocycles. The molecule has 2 aliphatic rings. The molecule has 2 saturated carbocycles. The number of nitrogens with zero attached hydrogens (tertiary/aromatic N) is 2. The minimum atomic E-state index is -0.523. The van der Waals surface area contributed by atoms with Crippen molar-refractivity contribution in [2.45, 2.75) is 38.3 Å². The maximum Gasteiger partial charge on any atom is 0.237 e. The summed E-state index contributed by atoms with van der Waals surface area (Å²) >= 11 is 0. The van der Waals surface area contributed by atoms with E-state index in [1.54, 1.807) is 0 Å². The summed E-state index contributed by atoms with van der Waals surface area (Å²) in [5.74, 6) is 0.751. The highest BCUT2D eigenvalue weighted by Gasteiger charge is 2.50. The Kier molecular flexibility index (Phi) is 2.32. The summed E-state index contributed by atoms with van der Waals surface area (Å²) in [5.41, 5.74) is -0.0283. The third-order valence-electron chi connectivity index (χ3n) is 3.69. The largest absolute Gasteiger partial charge is 0.237 e. The van der Waals surface area contributed by atoms with E-state index in [2.05, 4.69) is 9.98 Å². The molecule has 74 valence electrons. The molecule has 2 fully saturated rings. The summed E-state index contributed by atoms with van der Waals surface area (Å²) in [6.07, 6.45) is 7.96. The lowest BCUT2D eigenvalue weighted by Crippen LogP contribution is -2.28. The summed E-state index contributed by atoms with van der Waals surface area (Å²) in [7, 11) is 0. The molecule has 14 heavy (non-hydrogen) atoms. The number of hydrogen-bond donors (Lipinski definition) is 0. The normalized spacial score (nSPS) is 35.9. The third-order valence-corrected chi connectivity index (χ3v) is 3.69. The molecule has 2 aliphatic carbocycles. The smallest absolute Gasteiger partial charge is 0.211 e. The van der Waals surface area contributed by atoms with Gasteiger partial charge in [0.1, 0.15) is 0 Å². The Balaban J connectivity index is 2.25. The lowest BCUT2D eigenvalue weighted by atomic mass is 9.81. The molecule has 0 amide bonds. The molecule has 0 unspecified atom stereocenters. The summed E-state index contributed by atoms with van der Waals surface area (Å²) in [6, 6.07) is 0. The Morgan fingerprint density at radius 3 is 2.07 bits per heavy atom. The lowest BCUT2D eigenvalue weighted by molar-refractivity contribution is 0.238. The summed E-state index contributed by atoms with van der Waals surface area (Å²) < 4.78 is 0. The van der Waals surface area contributed by atoms with Crippen molar-refractivity contribution in [1.29, 1.82) is 0 Å². The van der Waals surface area contributed by atoms with E-state index < -0.39 is 6.17 Å². The van der Waals surface area contributed by atoms with E-state index in [0.29, 0.717) is 0 Å². The summed E-state index contributed by atoms with van der Waals surface area (Å²) in [6.45, 7) is 0. The van der Waals surface area contributed by atoms with Crippen LogP contribution in [0.25, 0.3) is 0 Å². The number of hydrogen-bond acceptors (Lipinski definition) is 4. The zero-order valence-electron chi connectivity index (χ0n) is 7.90. The van der Waals surface area contributed by atoms with Crippen LogP contribution in [0.3, 0.4) is 0 Å².